The lowest BCUT2D eigenvalue weighted by molar-refractivity contribution is -0.138. The number of nitrogens with zero attached hydrogens (tertiary/aromatic N) is 2. The van der Waals surface area contributed by atoms with Crippen LogP contribution in [0.5, 0.6) is 5.75 Å². The number of piperidine rings is 1. The molecule has 41 heavy (non-hydrogen) atoms. The maximum absolute atomic E-state index is 15.6. The molecule has 3 aromatic rings. The number of pyridine rings is 1. The molecule has 9 heteroatoms. The molecule has 1 N–H and O–H groups in total. The van der Waals surface area contributed by atoms with Gasteiger partial charge in [-0.1, -0.05) is 12.1 Å². The molecular weight excluding hydrogens is 536 g/mol. The SMILES string of the molecule is COc1ccc2nccc([C@@H](F)CCC3CCN(CCCCc4ccc(C(F)(F)F)cc4)CC3CCC(=O)O)c2c1. The van der Waals surface area contributed by atoms with E-state index < -0.39 is 23.9 Å². The van der Waals surface area contributed by atoms with Gasteiger partial charge in [-0.15, -0.1) is 0 Å². The van der Waals surface area contributed by atoms with Crippen molar-refractivity contribution in [3.05, 3.63) is 71.4 Å². The van der Waals surface area contributed by atoms with Gasteiger partial charge in [0.05, 0.1) is 18.2 Å². The Bertz CT molecular complexity index is 1280. The molecule has 222 valence electrons. The van der Waals surface area contributed by atoms with Crippen LogP contribution in [0.15, 0.2) is 54.7 Å². The number of aliphatic carboxylic acids is 1. The third kappa shape index (κ3) is 8.64. The fourth-order valence-electron chi connectivity index (χ4n) is 5.96. The van der Waals surface area contributed by atoms with Crippen molar-refractivity contribution < 1.29 is 32.2 Å². The lowest BCUT2D eigenvalue weighted by atomic mass is 9.79. The molecule has 2 unspecified atom stereocenters. The summed E-state index contributed by atoms with van der Waals surface area (Å²) in [6, 6.07) is 12.5. The van der Waals surface area contributed by atoms with Crippen molar-refractivity contribution in [2.24, 2.45) is 11.8 Å². The van der Waals surface area contributed by atoms with Crippen LogP contribution < -0.4 is 4.74 Å². The number of carboxylic acid groups (broad SMARTS) is 1. The number of fused-ring (bicyclic) bond motifs is 1. The van der Waals surface area contributed by atoms with E-state index in [0.717, 1.165) is 67.5 Å². The summed E-state index contributed by atoms with van der Waals surface area (Å²) in [4.78, 5) is 18.0. The molecule has 0 aliphatic carbocycles. The van der Waals surface area contributed by atoms with Gasteiger partial charge in [0, 0.05) is 24.5 Å². The second-order valence-electron chi connectivity index (χ2n) is 11.0. The normalized spacial score (nSPS) is 18.9. The van der Waals surface area contributed by atoms with Crippen molar-refractivity contribution in [1.82, 2.24) is 9.88 Å². The minimum absolute atomic E-state index is 0.0940. The molecule has 0 bridgehead atoms. The number of aryl methyl sites for hydroxylation is 1. The smallest absolute Gasteiger partial charge is 0.416 e. The molecule has 1 aliphatic heterocycles. The summed E-state index contributed by atoms with van der Waals surface area (Å²) < 4.78 is 59.2. The molecule has 5 nitrogen and oxygen atoms in total. The third-order valence-electron chi connectivity index (χ3n) is 8.29. The summed E-state index contributed by atoms with van der Waals surface area (Å²) in [5, 5.41) is 10.0. The number of alkyl halides is 4. The Morgan fingerprint density at radius 3 is 2.59 bits per heavy atom. The molecule has 1 aliphatic rings. The quantitative estimate of drug-likeness (QED) is 0.166. The molecule has 0 amide bonds. The number of hydrogen-bond acceptors (Lipinski definition) is 4. The lowest BCUT2D eigenvalue weighted by Gasteiger charge is -2.39. The first-order chi connectivity index (χ1) is 19.6. The Hall–Kier alpha value is -3.20. The Kier molecular flexibility index (Phi) is 10.6. The van der Waals surface area contributed by atoms with Crippen molar-refractivity contribution in [3.8, 4) is 5.75 Å². The number of benzene rings is 2. The molecule has 1 aromatic heterocycles. The van der Waals surface area contributed by atoms with Crippen LogP contribution in [0.25, 0.3) is 10.9 Å². The number of halogens is 4. The summed E-state index contributed by atoms with van der Waals surface area (Å²) in [6.07, 6.45) is 1.21. The van der Waals surface area contributed by atoms with E-state index in [1.54, 1.807) is 31.5 Å². The van der Waals surface area contributed by atoms with E-state index >= 15 is 4.39 Å². The molecule has 1 fully saturated rings. The van der Waals surface area contributed by atoms with Gasteiger partial charge < -0.3 is 14.7 Å². The van der Waals surface area contributed by atoms with E-state index in [1.165, 1.54) is 0 Å². The van der Waals surface area contributed by atoms with Gasteiger partial charge in [0.1, 0.15) is 11.9 Å². The fourth-order valence-corrected chi connectivity index (χ4v) is 5.96. The Morgan fingerprint density at radius 2 is 1.88 bits per heavy atom. The van der Waals surface area contributed by atoms with E-state index in [-0.39, 0.29) is 18.3 Å². The lowest BCUT2D eigenvalue weighted by Crippen LogP contribution is -2.41. The summed E-state index contributed by atoms with van der Waals surface area (Å²) in [7, 11) is 1.58. The monoisotopic (exact) mass is 574 g/mol. The molecular formula is C32H38F4N2O3. The molecule has 2 aromatic carbocycles. The number of ether oxygens (including phenoxy) is 1. The minimum Gasteiger partial charge on any atom is -0.497 e. The Balaban J connectivity index is 1.29. The van der Waals surface area contributed by atoms with Crippen molar-refractivity contribution >= 4 is 16.9 Å². The highest BCUT2D eigenvalue weighted by atomic mass is 19.4. The van der Waals surface area contributed by atoms with Crippen molar-refractivity contribution in [2.45, 2.75) is 63.7 Å². The van der Waals surface area contributed by atoms with E-state index in [2.05, 4.69) is 9.88 Å². The van der Waals surface area contributed by atoms with Crippen LogP contribution >= 0.6 is 0 Å². The van der Waals surface area contributed by atoms with Gasteiger partial charge in [0.15, 0.2) is 0 Å². The van der Waals surface area contributed by atoms with Gasteiger partial charge in [0.2, 0.25) is 0 Å². The first kappa shape index (κ1) is 30.8. The van der Waals surface area contributed by atoms with Crippen LogP contribution in [0, 0.1) is 11.8 Å². The van der Waals surface area contributed by atoms with Crippen LogP contribution in [0.1, 0.15) is 67.8 Å². The second-order valence-corrected chi connectivity index (χ2v) is 11.0. The summed E-state index contributed by atoms with van der Waals surface area (Å²) in [5.41, 5.74) is 1.57. The molecule has 0 saturated carbocycles. The number of carbonyl (C=O) groups is 1. The standard InChI is InChI=1S/C32H38F4N2O3/c1-41-26-11-13-30-28(20-26)27(15-17-37-30)29(33)12-7-23-16-19-38(21-24(23)8-14-31(39)40)18-3-2-4-22-5-9-25(10-6-22)32(34,35)36/h5-6,9-11,13,15,17,20,23-24,29H,2-4,7-8,12,14,16,18-19,21H2,1H3,(H,39,40)/t23?,24?,29-/m0/s1. The molecule has 2 heterocycles. The van der Waals surface area contributed by atoms with E-state index in [0.29, 0.717) is 37.0 Å². The minimum atomic E-state index is -4.32. The predicted molar refractivity (Wildman–Crippen MR) is 151 cm³/mol. The first-order valence-electron chi connectivity index (χ1n) is 14.3. The number of rotatable bonds is 13. The molecule has 0 spiro atoms. The van der Waals surface area contributed by atoms with Crippen LogP contribution in [0.4, 0.5) is 17.6 Å². The van der Waals surface area contributed by atoms with Crippen LogP contribution in [0.2, 0.25) is 0 Å². The highest BCUT2D eigenvalue weighted by Gasteiger charge is 2.31. The number of likely N-dealkylation sites (tertiary alicyclic amines) is 1. The topological polar surface area (TPSA) is 62.7 Å². The number of methoxy groups -OCH3 is 1. The van der Waals surface area contributed by atoms with Crippen LogP contribution in [-0.4, -0.2) is 47.7 Å². The maximum Gasteiger partial charge on any atom is 0.416 e. The van der Waals surface area contributed by atoms with Crippen LogP contribution in [0.3, 0.4) is 0 Å². The van der Waals surface area contributed by atoms with Gasteiger partial charge in [-0.3, -0.25) is 9.78 Å². The molecule has 4 rings (SSSR count). The highest BCUT2D eigenvalue weighted by Crippen LogP contribution is 2.37. The van der Waals surface area contributed by atoms with Gasteiger partial charge in [0.25, 0.3) is 0 Å². The Morgan fingerprint density at radius 1 is 1.10 bits per heavy atom. The van der Waals surface area contributed by atoms with Gasteiger partial charge in [-0.25, -0.2) is 4.39 Å². The number of unbranched alkanes of at least 4 members (excludes halogenated alkanes) is 1. The van der Waals surface area contributed by atoms with Gasteiger partial charge in [-0.05, 0) is 117 Å². The maximum atomic E-state index is 15.6. The fraction of sp³-hybridized carbons (Fsp3) is 0.500. The second kappa shape index (κ2) is 14.1. The highest BCUT2D eigenvalue weighted by molar-refractivity contribution is 5.83. The van der Waals surface area contributed by atoms with E-state index in [1.807, 2.05) is 18.2 Å². The summed E-state index contributed by atoms with van der Waals surface area (Å²) in [5.74, 6) is 0.257. The number of aromatic nitrogens is 1. The molecule has 1 saturated heterocycles. The zero-order valence-electron chi connectivity index (χ0n) is 23.4. The van der Waals surface area contributed by atoms with Crippen molar-refractivity contribution in [2.75, 3.05) is 26.7 Å². The first-order valence-corrected chi connectivity index (χ1v) is 14.3. The number of carboxylic acids is 1. The van der Waals surface area contributed by atoms with Gasteiger partial charge in [-0.2, -0.15) is 13.2 Å². The zero-order valence-corrected chi connectivity index (χ0v) is 23.4. The average molecular weight is 575 g/mol. The largest absolute Gasteiger partial charge is 0.497 e. The predicted octanol–water partition coefficient (Wildman–Crippen LogP) is 7.88. The third-order valence-corrected chi connectivity index (χ3v) is 8.29. The van der Waals surface area contributed by atoms with Crippen LogP contribution in [-0.2, 0) is 17.4 Å². The zero-order chi connectivity index (χ0) is 29.4. The molecule has 3 atom stereocenters. The van der Waals surface area contributed by atoms with E-state index in [4.69, 9.17) is 4.74 Å². The summed E-state index contributed by atoms with van der Waals surface area (Å²) in [6.45, 7) is 2.51. The van der Waals surface area contributed by atoms with E-state index in [9.17, 15) is 23.1 Å². The average Bonchev–Trinajstić information content (AvgIpc) is 2.96. The number of hydrogen-bond donors (Lipinski definition) is 1. The summed E-state index contributed by atoms with van der Waals surface area (Å²) >= 11 is 0. The Labute approximate surface area is 238 Å². The van der Waals surface area contributed by atoms with Crippen molar-refractivity contribution in [3.63, 3.8) is 0 Å². The molecule has 0 radical (unpaired) electrons. The van der Waals surface area contributed by atoms with Gasteiger partial charge >= 0.3 is 12.1 Å². The van der Waals surface area contributed by atoms with Crippen molar-refractivity contribution in [1.29, 1.82) is 0 Å².